The van der Waals surface area contributed by atoms with Gasteiger partial charge in [-0.15, -0.1) is 0 Å². The predicted octanol–water partition coefficient (Wildman–Crippen LogP) is 2.41. The van der Waals surface area contributed by atoms with Gasteiger partial charge < -0.3 is 5.32 Å². The van der Waals surface area contributed by atoms with Gasteiger partial charge in [0.25, 0.3) is 0 Å². The molecule has 1 heteroatoms. The molecule has 0 heterocycles. The third-order valence-corrected chi connectivity index (χ3v) is 1.40. The Morgan fingerprint density at radius 3 is 2.36 bits per heavy atom. The third kappa shape index (κ3) is 3.46. The third-order valence-electron chi connectivity index (χ3n) is 1.40. The molecule has 0 rings (SSSR count). The molecule has 0 atom stereocenters. The molecule has 60 valence electrons. The SMILES string of the molecule is C=C/C=C\C(NC)=C(\C)C=C. The monoisotopic (exact) mass is 149 g/mol. The Hall–Kier alpha value is -1.24. The highest BCUT2D eigenvalue weighted by atomic mass is 14.8. The Balaban J connectivity index is 4.50. The summed E-state index contributed by atoms with van der Waals surface area (Å²) in [6.45, 7) is 9.28. The lowest BCUT2D eigenvalue weighted by Gasteiger charge is -2.02. The largest absolute Gasteiger partial charge is 0.388 e. The van der Waals surface area contributed by atoms with Crippen molar-refractivity contribution in [3.05, 3.63) is 48.7 Å². The fourth-order valence-electron chi connectivity index (χ4n) is 0.686. The van der Waals surface area contributed by atoms with Crippen molar-refractivity contribution in [1.82, 2.24) is 5.32 Å². The highest BCUT2D eigenvalue weighted by Crippen LogP contribution is 2.02. The molecular formula is C10H15N. The van der Waals surface area contributed by atoms with Crippen molar-refractivity contribution in [3.63, 3.8) is 0 Å². The van der Waals surface area contributed by atoms with Crippen LogP contribution in [0.1, 0.15) is 6.92 Å². The van der Waals surface area contributed by atoms with Crippen LogP contribution in [0.3, 0.4) is 0 Å². The first-order valence-corrected chi connectivity index (χ1v) is 3.56. The Morgan fingerprint density at radius 1 is 1.36 bits per heavy atom. The van der Waals surface area contributed by atoms with Gasteiger partial charge in [0.2, 0.25) is 0 Å². The summed E-state index contributed by atoms with van der Waals surface area (Å²) < 4.78 is 0. The highest BCUT2D eigenvalue weighted by Gasteiger charge is 1.89. The first-order chi connectivity index (χ1) is 5.26. The Kier molecular flexibility index (Phi) is 4.91. The van der Waals surface area contributed by atoms with E-state index in [0.29, 0.717) is 0 Å². The van der Waals surface area contributed by atoms with E-state index in [1.54, 1.807) is 6.08 Å². The van der Waals surface area contributed by atoms with Crippen LogP contribution in [0.4, 0.5) is 0 Å². The van der Waals surface area contributed by atoms with Crippen LogP contribution in [0.5, 0.6) is 0 Å². The molecule has 0 unspecified atom stereocenters. The summed E-state index contributed by atoms with van der Waals surface area (Å²) >= 11 is 0. The van der Waals surface area contributed by atoms with Crippen LogP contribution in [-0.4, -0.2) is 7.05 Å². The van der Waals surface area contributed by atoms with Gasteiger partial charge in [-0.1, -0.05) is 31.4 Å². The fourth-order valence-corrected chi connectivity index (χ4v) is 0.686. The number of nitrogens with one attached hydrogen (secondary N) is 1. The van der Waals surface area contributed by atoms with Gasteiger partial charge in [-0.3, -0.25) is 0 Å². The molecule has 0 saturated heterocycles. The molecular weight excluding hydrogens is 134 g/mol. The van der Waals surface area contributed by atoms with Crippen LogP contribution in [0.2, 0.25) is 0 Å². The zero-order valence-electron chi connectivity index (χ0n) is 7.22. The molecule has 11 heavy (non-hydrogen) atoms. The number of hydrogen-bond donors (Lipinski definition) is 1. The number of likely N-dealkylation sites (N-methyl/N-ethyl adjacent to an activating group) is 1. The topological polar surface area (TPSA) is 12.0 Å². The highest BCUT2D eigenvalue weighted by molar-refractivity contribution is 5.30. The Labute approximate surface area is 68.8 Å². The first-order valence-electron chi connectivity index (χ1n) is 3.56. The van der Waals surface area contributed by atoms with Crippen LogP contribution in [-0.2, 0) is 0 Å². The van der Waals surface area contributed by atoms with E-state index >= 15 is 0 Å². The van der Waals surface area contributed by atoms with Crippen LogP contribution in [0.25, 0.3) is 0 Å². The average Bonchev–Trinajstić information content (AvgIpc) is 2.05. The van der Waals surface area contributed by atoms with E-state index < -0.39 is 0 Å². The molecule has 0 aliphatic heterocycles. The standard InChI is InChI=1S/C10H15N/c1-5-7-8-10(11-4)9(3)6-2/h5-8,11H,1-2H2,3-4H3/b8-7-,10-9+. The number of rotatable bonds is 4. The lowest BCUT2D eigenvalue weighted by Crippen LogP contribution is -2.04. The smallest absolute Gasteiger partial charge is 0.0367 e. The van der Waals surface area contributed by atoms with Crippen LogP contribution in [0, 0.1) is 0 Å². The molecule has 0 aromatic rings. The normalized spacial score (nSPS) is 12.5. The van der Waals surface area contributed by atoms with Crippen molar-refractivity contribution in [2.45, 2.75) is 6.92 Å². The first kappa shape index (κ1) is 9.76. The van der Waals surface area contributed by atoms with Gasteiger partial charge in [0.1, 0.15) is 0 Å². The molecule has 1 N–H and O–H groups in total. The second-order valence-corrected chi connectivity index (χ2v) is 2.15. The molecule has 1 nitrogen and oxygen atoms in total. The van der Waals surface area contributed by atoms with Crippen molar-refractivity contribution in [1.29, 1.82) is 0 Å². The molecule has 0 aromatic heterocycles. The minimum absolute atomic E-state index is 1.07. The summed E-state index contributed by atoms with van der Waals surface area (Å²) in [5.74, 6) is 0. The van der Waals surface area contributed by atoms with Gasteiger partial charge in [0.05, 0.1) is 0 Å². The number of hydrogen-bond acceptors (Lipinski definition) is 1. The molecule has 0 radical (unpaired) electrons. The summed E-state index contributed by atoms with van der Waals surface area (Å²) in [6, 6.07) is 0. The van der Waals surface area contributed by atoms with Gasteiger partial charge in [-0.2, -0.15) is 0 Å². The predicted molar refractivity (Wildman–Crippen MR) is 51.3 cm³/mol. The fraction of sp³-hybridized carbons (Fsp3) is 0.200. The van der Waals surface area contributed by atoms with Gasteiger partial charge in [-0.25, -0.2) is 0 Å². The average molecular weight is 149 g/mol. The van der Waals surface area contributed by atoms with Crippen LogP contribution >= 0.6 is 0 Å². The second kappa shape index (κ2) is 5.54. The Bertz CT molecular complexity index is 197. The van der Waals surface area contributed by atoms with Crippen molar-refractivity contribution in [2.24, 2.45) is 0 Å². The summed E-state index contributed by atoms with van der Waals surface area (Å²) in [4.78, 5) is 0. The second-order valence-electron chi connectivity index (χ2n) is 2.15. The zero-order chi connectivity index (χ0) is 8.69. The lowest BCUT2D eigenvalue weighted by atomic mass is 10.2. The zero-order valence-corrected chi connectivity index (χ0v) is 7.22. The minimum atomic E-state index is 1.07. The van der Waals surface area contributed by atoms with Crippen molar-refractivity contribution in [2.75, 3.05) is 7.05 Å². The van der Waals surface area contributed by atoms with Crippen molar-refractivity contribution < 1.29 is 0 Å². The molecule has 0 amide bonds. The molecule has 0 spiro atoms. The summed E-state index contributed by atoms with van der Waals surface area (Å²) in [5, 5.41) is 3.06. The van der Waals surface area contributed by atoms with E-state index in [1.807, 2.05) is 32.2 Å². The molecule has 0 aliphatic rings. The van der Waals surface area contributed by atoms with Gasteiger partial charge in [-0.05, 0) is 18.6 Å². The van der Waals surface area contributed by atoms with Crippen molar-refractivity contribution in [3.8, 4) is 0 Å². The maximum atomic E-state index is 3.68. The Morgan fingerprint density at radius 2 is 2.00 bits per heavy atom. The molecule has 0 fully saturated rings. The lowest BCUT2D eigenvalue weighted by molar-refractivity contribution is 1.01. The summed E-state index contributed by atoms with van der Waals surface area (Å²) in [5.41, 5.74) is 2.20. The molecule has 0 saturated carbocycles. The van der Waals surface area contributed by atoms with Gasteiger partial charge >= 0.3 is 0 Å². The minimum Gasteiger partial charge on any atom is -0.388 e. The maximum Gasteiger partial charge on any atom is 0.0367 e. The summed E-state index contributed by atoms with van der Waals surface area (Å²) in [7, 11) is 1.88. The van der Waals surface area contributed by atoms with E-state index in [1.165, 1.54) is 0 Å². The van der Waals surface area contributed by atoms with E-state index in [2.05, 4.69) is 18.5 Å². The maximum absolute atomic E-state index is 3.68. The van der Waals surface area contributed by atoms with E-state index in [9.17, 15) is 0 Å². The quantitative estimate of drug-likeness (QED) is 0.605. The summed E-state index contributed by atoms with van der Waals surface area (Å²) in [6.07, 6.45) is 7.41. The van der Waals surface area contributed by atoms with Gasteiger partial charge in [0.15, 0.2) is 0 Å². The van der Waals surface area contributed by atoms with Crippen molar-refractivity contribution >= 4 is 0 Å². The van der Waals surface area contributed by atoms with E-state index in [4.69, 9.17) is 0 Å². The molecule has 0 bridgehead atoms. The molecule has 0 aliphatic carbocycles. The van der Waals surface area contributed by atoms with Gasteiger partial charge in [0, 0.05) is 12.7 Å². The van der Waals surface area contributed by atoms with Crippen LogP contribution < -0.4 is 5.32 Å². The molecule has 0 aromatic carbocycles. The van der Waals surface area contributed by atoms with Crippen LogP contribution in [0.15, 0.2) is 48.7 Å². The number of allylic oxidation sites excluding steroid dienone is 5. The van der Waals surface area contributed by atoms with E-state index in [-0.39, 0.29) is 0 Å². The van der Waals surface area contributed by atoms with E-state index in [0.717, 1.165) is 11.3 Å².